The minimum absolute atomic E-state index is 0.608. The molecule has 6 nitrogen and oxygen atoms in total. The van der Waals surface area contributed by atoms with Crippen LogP contribution < -0.4 is 10.6 Å². The summed E-state index contributed by atoms with van der Waals surface area (Å²) in [6.45, 7) is 6.43. The Bertz CT molecular complexity index is 571. The van der Waals surface area contributed by atoms with E-state index in [9.17, 15) is 0 Å². The molecule has 2 N–H and O–H groups in total. The van der Waals surface area contributed by atoms with E-state index in [0.29, 0.717) is 6.54 Å². The lowest BCUT2D eigenvalue weighted by Crippen LogP contribution is -2.36. The molecule has 2 rings (SSSR count). The number of nitrogens with one attached hydrogen (secondary N) is 2. The van der Waals surface area contributed by atoms with Crippen LogP contribution in [0.15, 0.2) is 23.5 Å². The van der Waals surface area contributed by atoms with Crippen molar-refractivity contribution in [3.05, 3.63) is 34.0 Å². The van der Waals surface area contributed by atoms with Gasteiger partial charge >= 0.3 is 0 Å². The average Bonchev–Trinajstić information content (AvgIpc) is 3.07. The first-order chi connectivity index (χ1) is 9.72. The second-order valence-corrected chi connectivity index (χ2v) is 5.70. The molecule has 0 unspecified atom stereocenters. The van der Waals surface area contributed by atoms with Crippen molar-refractivity contribution in [1.82, 2.24) is 25.4 Å². The number of hydrogen-bond donors (Lipinski definition) is 2. The Hall–Kier alpha value is -1.89. The van der Waals surface area contributed by atoms with Crippen LogP contribution in [0.1, 0.15) is 22.5 Å². The number of guanidine groups is 1. The Labute approximate surface area is 123 Å². The molecule has 0 aliphatic carbocycles. The van der Waals surface area contributed by atoms with Crippen LogP contribution in [0.4, 0.5) is 0 Å². The zero-order valence-electron chi connectivity index (χ0n) is 12.1. The first-order valence-corrected chi connectivity index (χ1v) is 7.41. The first kappa shape index (κ1) is 14.5. The lowest BCUT2D eigenvalue weighted by Gasteiger charge is -2.11. The number of rotatable bonds is 5. The molecule has 0 saturated heterocycles. The van der Waals surface area contributed by atoms with E-state index in [0.717, 1.165) is 24.9 Å². The number of aliphatic imine (C=N–C) groups is 1. The zero-order valence-corrected chi connectivity index (χ0v) is 12.9. The molecule has 0 aliphatic rings. The maximum Gasteiger partial charge on any atom is 0.191 e. The molecule has 2 heterocycles. The number of nitrogens with zero attached hydrogens (tertiary/aromatic N) is 4. The van der Waals surface area contributed by atoms with Crippen LogP contribution in [0.2, 0.25) is 0 Å². The largest absolute Gasteiger partial charge is 0.352 e. The van der Waals surface area contributed by atoms with Crippen molar-refractivity contribution in [1.29, 1.82) is 0 Å². The summed E-state index contributed by atoms with van der Waals surface area (Å²) in [6.07, 6.45) is 1.74. The monoisotopic (exact) mass is 292 g/mol. The Morgan fingerprint density at radius 1 is 1.35 bits per heavy atom. The number of hydrogen-bond acceptors (Lipinski definition) is 4. The van der Waals surface area contributed by atoms with E-state index >= 15 is 0 Å². The van der Waals surface area contributed by atoms with Gasteiger partial charge in [-0.05, 0) is 26.0 Å². The molecule has 108 valence electrons. The van der Waals surface area contributed by atoms with Crippen molar-refractivity contribution in [2.45, 2.75) is 33.5 Å². The first-order valence-electron chi connectivity index (χ1n) is 6.59. The van der Waals surface area contributed by atoms with Crippen LogP contribution in [0, 0.1) is 6.92 Å². The third kappa shape index (κ3) is 3.80. The highest BCUT2D eigenvalue weighted by Crippen LogP contribution is 2.14. The molecule has 0 atom stereocenters. The van der Waals surface area contributed by atoms with Crippen LogP contribution in [0.5, 0.6) is 0 Å². The molecule has 0 saturated carbocycles. The van der Waals surface area contributed by atoms with Gasteiger partial charge in [-0.2, -0.15) is 0 Å². The summed E-state index contributed by atoms with van der Waals surface area (Å²) >= 11 is 1.79. The highest BCUT2D eigenvalue weighted by molar-refractivity contribution is 7.11. The summed E-state index contributed by atoms with van der Waals surface area (Å²) < 4.78 is 2.00. The fraction of sp³-hybridized carbons (Fsp3) is 0.462. The van der Waals surface area contributed by atoms with E-state index in [1.165, 1.54) is 9.75 Å². The van der Waals surface area contributed by atoms with Crippen LogP contribution in [0.3, 0.4) is 0 Å². The van der Waals surface area contributed by atoms with Gasteiger partial charge in [0.25, 0.3) is 0 Å². The van der Waals surface area contributed by atoms with Crippen LogP contribution >= 0.6 is 11.3 Å². The Kier molecular flexibility index (Phi) is 5.11. The van der Waals surface area contributed by atoms with Crippen molar-refractivity contribution in [3.63, 3.8) is 0 Å². The fourth-order valence-corrected chi connectivity index (χ4v) is 2.64. The maximum atomic E-state index is 4.21. The molecule has 20 heavy (non-hydrogen) atoms. The summed E-state index contributed by atoms with van der Waals surface area (Å²) in [5, 5.41) is 14.5. The summed E-state index contributed by atoms with van der Waals surface area (Å²) in [5.74, 6) is 1.67. The second-order valence-electron chi connectivity index (χ2n) is 4.32. The van der Waals surface area contributed by atoms with Gasteiger partial charge in [0, 0.05) is 23.3 Å². The third-order valence-corrected chi connectivity index (χ3v) is 3.90. The summed E-state index contributed by atoms with van der Waals surface area (Å²) in [7, 11) is 1.76. The highest BCUT2D eigenvalue weighted by Gasteiger charge is 2.04. The second kappa shape index (κ2) is 7.04. The van der Waals surface area contributed by atoms with Gasteiger partial charge in [0.2, 0.25) is 0 Å². The van der Waals surface area contributed by atoms with Crippen LogP contribution in [-0.2, 0) is 19.6 Å². The Morgan fingerprint density at radius 2 is 2.15 bits per heavy atom. The van der Waals surface area contributed by atoms with Gasteiger partial charge in [-0.15, -0.1) is 21.5 Å². The summed E-state index contributed by atoms with van der Waals surface area (Å²) in [5.41, 5.74) is 0. The van der Waals surface area contributed by atoms with E-state index in [1.54, 1.807) is 24.7 Å². The Morgan fingerprint density at radius 3 is 2.80 bits per heavy atom. The van der Waals surface area contributed by atoms with Gasteiger partial charge in [-0.3, -0.25) is 4.99 Å². The molecule has 0 aliphatic heterocycles. The smallest absolute Gasteiger partial charge is 0.191 e. The van der Waals surface area contributed by atoms with Gasteiger partial charge in [0.05, 0.1) is 13.1 Å². The lowest BCUT2D eigenvalue weighted by atomic mass is 10.4. The molecule has 2 aromatic rings. The summed E-state index contributed by atoms with van der Waals surface area (Å²) in [4.78, 5) is 6.82. The highest BCUT2D eigenvalue weighted by atomic mass is 32.1. The molecular formula is C13H20N6S. The van der Waals surface area contributed by atoms with Crippen molar-refractivity contribution in [2.75, 3.05) is 7.05 Å². The van der Waals surface area contributed by atoms with Crippen molar-refractivity contribution in [2.24, 2.45) is 4.99 Å². The fourth-order valence-electron chi connectivity index (χ4n) is 1.81. The minimum atomic E-state index is 0.608. The third-order valence-electron chi connectivity index (χ3n) is 2.90. The quantitative estimate of drug-likeness (QED) is 0.648. The molecule has 7 heteroatoms. The normalized spacial score (nSPS) is 11.7. The molecular weight excluding hydrogens is 272 g/mol. The van der Waals surface area contributed by atoms with E-state index in [1.807, 2.05) is 4.57 Å². The molecule has 2 aromatic heterocycles. The minimum Gasteiger partial charge on any atom is -0.352 e. The van der Waals surface area contributed by atoms with Gasteiger partial charge in [0.15, 0.2) is 11.8 Å². The lowest BCUT2D eigenvalue weighted by molar-refractivity contribution is 0.670. The van der Waals surface area contributed by atoms with Gasteiger partial charge in [-0.25, -0.2) is 0 Å². The van der Waals surface area contributed by atoms with Gasteiger partial charge in [0.1, 0.15) is 6.33 Å². The summed E-state index contributed by atoms with van der Waals surface area (Å²) in [6, 6.07) is 4.26. The van der Waals surface area contributed by atoms with E-state index in [2.05, 4.69) is 51.8 Å². The van der Waals surface area contributed by atoms with Crippen LogP contribution in [-0.4, -0.2) is 27.8 Å². The molecule has 0 aromatic carbocycles. The molecule has 0 radical (unpaired) electrons. The molecule has 0 amide bonds. The zero-order chi connectivity index (χ0) is 14.4. The van der Waals surface area contributed by atoms with E-state index < -0.39 is 0 Å². The number of aryl methyl sites for hydroxylation is 2. The predicted molar refractivity (Wildman–Crippen MR) is 81.8 cm³/mol. The average molecular weight is 292 g/mol. The predicted octanol–water partition coefficient (Wildman–Crippen LogP) is 1.53. The van der Waals surface area contributed by atoms with Crippen molar-refractivity contribution < 1.29 is 0 Å². The molecule has 0 fully saturated rings. The molecule has 0 spiro atoms. The topological polar surface area (TPSA) is 67.1 Å². The standard InChI is InChI=1S/C13H20N6S/c1-4-19-9-17-18-12(19)8-16-13(14-3)15-7-11-6-5-10(2)20-11/h5-6,9H,4,7-8H2,1-3H3,(H2,14,15,16). The van der Waals surface area contributed by atoms with E-state index in [4.69, 9.17) is 0 Å². The van der Waals surface area contributed by atoms with Crippen molar-refractivity contribution in [3.8, 4) is 0 Å². The van der Waals surface area contributed by atoms with Crippen LogP contribution in [0.25, 0.3) is 0 Å². The number of thiophene rings is 1. The van der Waals surface area contributed by atoms with Gasteiger partial charge in [-0.1, -0.05) is 0 Å². The van der Waals surface area contributed by atoms with Crippen molar-refractivity contribution >= 4 is 17.3 Å². The Balaban J connectivity index is 1.84. The molecule has 0 bridgehead atoms. The van der Waals surface area contributed by atoms with E-state index in [-0.39, 0.29) is 0 Å². The number of aromatic nitrogens is 3. The van der Waals surface area contributed by atoms with Gasteiger partial charge < -0.3 is 15.2 Å². The SMILES string of the molecule is CCn1cnnc1CNC(=NC)NCc1ccc(C)s1. The maximum absolute atomic E-state index is 4.21.